The lowest BCUT2D eigenvalue weighted by molar-refractivity contribution is 0.102. The number of nitrogen functional groups attached to an aromatic ring is 1. The lowest BCUT2D eigenvalue weighted by Crippen LogP contribution is -2.17. The van der Waals surface area contributed by atoms with Gasteiger partial charge in [0.15, 0.2) is 11.6 Å². The first-order valence-electron chi connectivity index (χ1n) is 7.52. The molecular formula is C18H17F2N3O2. The fourth-order valence-electron chi connectivity index (χ4n) is 2.05. The van der Waals surface area contributed by atoms with Crippen molar-refractivity contribution >= 4 is 17.4 Å². The minimum atomic E-state index is -0.761. The highest BCUT2D eigenvalue weighted by molar-refractivity contribution is 6.07. The number of unbranched alkanes of at least 4 members (excludes halogenated alkanes) is 1. The number of carbonyl (C=O) groups excluding carboxylic acids is 1. The van der Waals surface area contributed by atoms with E-state index >= 15 is 0 Å². The van der Waals surface area contributed by atoms with E-state index in [0.717, 1.165) is 0 Å². The molecule has 1 aromatic carbocycles. The van der Waals surface area contributed by atoms with E-state index in [1.165, 1.54) is 31.2 Å². The molecule has 25 heavy (non-hydrogen) atoms. The summed E-state index contributed by atoms with van der Waals surface area (Å²) in [5.74, 6) is 0.00436. The van der Waals surface area contributed by atoms with Crippen LogP contribution in [-0.4, -0.2) is 17.5 Å². The number of nitrogens with two attached hydrogens (primary N) is 1. The van der Waals surface area contributed by atoms with Gasteiger partial charge in [-0.2, -0.15) is 4.39 Å². The number of anilines is 2. The van der Waals surface area contributed by atoms with E-state index < -0.39 is 17.7 Å². The number of nitrogens with one attached hydrogen (secondary N) is 1. The normalized spacial score (nSPS) is 10.2. The SMILES string of the molecule is C#CCCCOc1cccc(NC(=O)c2cc(C)c(F)nc2N)c1F. The predicted molar refractivity (Wildman–Crippen MR) is 91.3 cm³/mol. The van der Waals surface area contributed by atoms with Crippen molar-refractivity contribution in [3.63, 3.8) is 0 Å². The van der Waals surface area contributed by atoms with Crippen LogP contribution >= 0.6 is 0 Å². The van der Waals surface area contributed by atoms with E-state index in [1.807, 2.05) is 0 Å². The van der Waals surface area contributed by atoms with E-state index in [0.29, 0.717) is 12.8 Å². The van der Waals surface area contributed by atoms with Crippen molar-refractivity contribution in [2.24, 2.45) is 0 Å². The number of nitrogens with zero attached hydrogens (tertiary/aromatic N) is 1. The van der Waals surface area contributed by atoms with Gasteiger partial charge in [0.05, 0.1) is 17.9 Å². The summed E-state index contributed by atoms with van der Waals surface area (Å²) in [4.78, 5) is 15.7. The number of hydrogen-bond donors (Lipinski definition) is 2. The third-order valence-corrected chi connectivity index (χ3v) is 3.36. The smallest absolute Gasteiger partial charge is 0.259 e. The Kier molecular flexibility index (Phi) is 5.90. The maximum atomic E-state index is 14.4. The molecular weight excluding hydrogens is 328 g/mol. The molecule has 0 saturated carbocycles. The lowest BCUT2D eigenvalue weighted by Gasteiger charge is -2.12. The van der Waals surface area contributed by atoms with Crippen LogP contribution in [0.25, 0.3) is 0 Å². The summed E-state index contributed by atoms with van der Waals surface area (Å²) < 4.78 is 33.1. The van der Waals surface area contributed by atoms with Gasteiger partial charge >= 0.3 is 0 Å². The minimum absolute atomic E-state index is 0.00351. The first kappa shape index (κ1) is 18.2. The molecule has 0 spiro atoms. The zero-order valence-electron chi connectivity index (χ0n) is 13.6. The van der Waals surface area contributed by atoms with Crippen molar-refractivity contribution in [3.05, 3.63) is 47.2 Å². The van der Waals surface area contributed by atoms with Crippen LogP contribution in [0.1, 0.15) is 28.8 Å². The topological polar surface area (TPSA) is 77.2 Å². The van der Waals surface area contributed by atoms with Gasteiger partial charge in [-0.1, -0.05) is 6.07 Å². The molecule has 3 N–H and O–H groups in total. The van der Waals surface area contributed by atoms with Gasteiger partial charge in [0.2, 0.25) is 5.95 Å². The summed E-state index contributed by atoms with van der Waals surface area (Å²) in [5.41, 5.74) is 5.59. The van der Waals surface area contributed by atoms with E-state index in [2.05, 4.69) is 16.2 Å². The summed E-state index contributed by atoms with van der Waals surface area (Å²) in [5, 5.41) is 2.39. The minimum Gasteiger partial charge on any atom is -0.490 e. The van der Waals surface area contributed by atoms with Crippen LogP contribution in [-0.2, 0) is 0 Å². The van der Waals surface area contributed by atoms with Crippen LogP contribution in [0.2, 0.25) is 0 Å². The van der Waals surface area contributed by atoms with Crippen molar-refractivity contribution in [1.82, 2.24) is 4.98 Å². The van der Waals surface area contributed by atoms with Crippen molar-refractivity contribution in [3.8, 4) is 18.1 Å². The van der Waals surface area contributed by atoms with Gasteiger partial charge in [0.1, 0.15) is 5.82 Å². The van der Waals surface area contributed by atoms with Crippen LogP contribution in [0.15, 0.2) is 24.3 Å². The molecule has 130 valence electrons. The number of hydrogen-bond acceptors (Lipinski definition) is 4. The highest BCUT2D eigenvalue weighted by atomic mass is 19.1. The van der Waals surface area contributed by atoms with Crippen LogP contribution in [0.5, 0.6) is 5.75 Å². The molecule has 0 atom stereocenters. The number of terminal acetylenes is 1. The molecule has 0 aliphatic carbocycles. The fraction of sp³-hybridized carbons (Fsp3) is 0.222. The Bertz CT molecular complexity index is 832. The van der Waals surface area contributed by atoms with Gasteiger partial charge in [-0.15, -0.1) is 12.3 Å². The van der Waals surface area contributed by atoms with Gasteiger partial charge in [-0.05, 0) is 31.5 Å². The zero-order valence-corrected chi connectivity index (χ0v) is 13.6. The number of benzene rings is 1. The molecule has 7 heteroatoms. The third-order valence-electron chi connectivity index (χ3n) is 3.36. The summed E-state index contributed by atoms with van der Waals surface area (Å²) in [6.07, 6.45) is 6.25. The number of pyridine rings is 1. The average Bonchev–Trinajstić information content (AvgIpc) is 2.58. The number of aromatic nitrogens is 1. The zero-order chi connectivity index (χ0) is 18.4. The number of rotatable bonds is 6. The molecule has 1 heterocycles. The monoisotopic (exact) mass is 345 g/mol. The lowest BCUT2D eigenvalue weighted by atomic mass is 10.1. The maximum Gasteiger partial charge on any atom is 0.259 e. The standard InChI is InChI=1S/C18H17F2N3O2/c1-3-4-5-9-25-14-8-6-7-13(15(14)19)22-18(24)12-10-11(2)16(20)23-17(12)21/h1,6-8,10H,4-5,9H2,2H3,(H2,21,23)(H,22,24). The second-order valence-electron chi connectivity index (χ2n) is 5.26. The molecule has 5 nitrogen and oxygen atoms in total. The summed E-state index contributed by atoms with van der Waals surface area (Å²) >= 11 is 0. The first-order chi connectivity index (χ1) is 11.9. The summed E-state index contributed by atoms with van der Waals surface area (Å²) in [6, 6.07) is 5.61. The molecule has 0 fully saturated rings. The molecule has 1 aromatic heterocycles. The van der Waals surface area contributed by atoms with Gasteiger partial charge in [0.25, 0.3) is 5.91 Å². The Labute approximate surface area is 144 Å². The number of amides is 1. The van der Waals surface area contributed by atoms with Crippen LogP contribution in [0.4, 0.5) is 20.3 Å². The number of halogens is 2. The number of ether oxygens (including phenoxy) is 1. The van der Waals surface area contributed by atoms with Crippen LogP contribution < -0.4 is 15.8 Å². The molecule has 0 bridgehead atoms. The summed E-state index contributed by atoms with van der Waals surface area (Å²) in [7, 11) is 0. The molecule has 0 saturated heterocycles. The van der Waals surface area contributed by atoms with Crippen LogP contribution in [0.3, 0.4) is 0 Å². The highest BCUT2D eigenvalue weighted by Crippen LogP contribution is 2.25. The molecule has 2 aromatic rings. The molecule has 1 amide bonds. The second kappa shape index (κ2) is 8.11. The number of carbonyl (C=O) groups is 1. The Morgan fingerprint density at radius 2 is 2.20 bits per heavy atom. The average molecular weight is 345 g/mol. The predicted octanol–water partition coefficient (Wildman–Crippen LogP) is 3.29. The Hall–Kier alpha value is -3.14. The van der Waals surface area contributed by atoms with E-state index in [9.17, 15) is 13.6 Å². The number of aryl methyl sites for hydroxylation is 1. The molecule has 0 aliphatic rings. The fourth-order valence-corrected chi connectivity index (χ4v) is 2.05. The van der Waals surface area contributed by atoms with Crippen molar-refractivity contribution < 1.29 is 18.3 Å². The molecule has 0 radical (unpaired) electrons. The Balaban J connectivity index is 2.16. The maximum absolute atomic E-state index is 14.4. The summed E-state index contributed by atoms with van der Waals surface area (Å²) in [6.45, 7) is 1.70. The molecule has 0 unspecified atom stereocenters. The largest absolute Gasteiger partial charge is 0.490 e. The Morgan fingerprint density at radius 1 is 1.44 bits per heavy atom. The van der Waals surface area contributed by atoms with Gasteiger partial charge in [-0.25, -0.2) is 9.37 Å². The van der Waals surface area contributed by atoms with Gasteiger partial charge in [0, 0.05) is 12.0 Å². The van der Waals surface area contributed by atoms with E-state index in [-0.39, 0.29) is 35.0 Å². The van der Waals surface area contributed by atoms with Crippen molar-refractivity contribution in [2.45, 2.75) is 19.8 Å². The van der Waals surface area contributed by atoms with E-state index in [4.69, 9.17) is 16.9 Å². The third kappa shape index (κ3) is 4.44. The first-order valence-corrected chi connectivity index (χ1v) is 7.52. The second-order valence-corrected chi connectivity index (χ2v) is 5.26. The Morgan fingerprint density at radius 3 is 2.92 bits per heavy atom. The van der Waals surface area contributed by atoms with Crippen LogP contribution in [0, 0.1) is 31.0 Å². The van der Waals surface area contributed by atoms with Gasteiger partial charge in [-0.3, -0.25) is 4.79 Å². The van der Waals surface area contributed by atoms with Crippen molar-refractivity contribution in [2.75, 3.05) is 17.7 Å². The van der Waals surface area contributed by atoms with E-state index in [1.54, 1.807) is 0 Å². The quantitative estimate of drug-likeness (QED) is 0.478. The highest BCUT2D eigenvalue weighted by Gasteiger charge is 2.17. The molecule has 2 rings (SSSR count). The molecule has 0 aliphatic heterocycles. The van der Waals surface area contributed by atoms with Gasteiger partial charge < -0.3 is 15.8 Å². The van der Waals surface area contributed by atoms with Crippen molar-refractivity contribution in [1.29, 1.82) is 0 Å².